The average molecular weight is 878 g/mol. The number of hydrogen-bond acceptors (Lipinski definition) is 8. The van der Waals surface area contributed by atoms with E-state index < -0.39 is 49.5 Å². The maximum Gasteiger partial charge on any atom is 0.220 e. The summed E-state index contributed by atoms with van der Waals surface area (Å²) in [6.07, 6.45) is 47.8. The summed E-state index contributed by atoms with van der Waals surface area (Å²) in [5.41, 5.74) is 0. The highest BCUT2D eigenvalue weighted by atomic mass is 16.7. The summed E-state index contributed by atoms with van der Waals surface area (Å²) in [4.78, 5) is 13.0. The van der Waals surface area contributed by atoms with Crippen LogP contribution in [0.5, 0.6) is 0 Å². The van der Waals surface area contributed by atoms with E-state index in [0.29, 0.717) is 6.42 Å². The minimum Gasteiger partial charge on any atom is -0.394 e. The molecule has 7 atom stereocenters. The number of allylic oxidation sites excluding steroid dienone is 5. The van der Waals surface area contributed by atoms with E-state index in [1.54, 1.807) is 6.08 Å². The molecule has 0 bridgehead atoms. The van der Waals surface area contributed by atoms with Crippen LogP contribution >= 0.6 is 0 Å². The van der Waals surface area contributed by atoms with Crippen molar-refractivity contribution in [2.75, 3.05) is 13.2 Å². The van der Waals surface area contributed by atoms with Crippen LogP contribution in [0.3, 0.4) is 0 Å². The second-order valence-corrected chi connectivity index (χ2v) is 18.3. The normalized spacial score (nSPS) is 20.5. The predicted molar refractivity (Wildman–Crippen MR) is 258 cm³/mol. The van der Waals surface area contributed by atoms with Crippen molar-refractivity contribution in [1.82, 2.24) is 5.32 Å². The third-order valence-corrected chi connectivity index (χ3v) is 12.4. The van der Waals surface area contributed by atoms with Gasteiger partial charge in [0.15, 0.2) is 6.29 Å². The first-order valence-corrected chi connectivity index (χ1v) is 26.2. The Morgan fingerprint density at radius 1 is 0.532 bits per heavy atom. The molecule has 0 aromatic carbocycles. The van der Waals surface area contributed by atoms with Crippen molar-refractivity contribution in [2.45, 2.75) is 281 Å². The minimum absolute atomic E-state index is 0.188. The number of carbonyl (C=O) groups excluding carboxylic acids is 1. The molecular weight excluding hydrogens is 779 g/mol. The van der Waals surface area contributed by atoms with Crippen molar-refractivity contribution in [3.05, 3.63) is 36.5 Å². The van der Waals surface area contributed by atoms with E-state index >= 15 is 0 Å². The monoisotopic (exact) mass is 878 g/mol. The highest BCUT2D eigenvalue weighted by molar-refractivity contribution is 5.76. The lowest BCUT2D eigenvalue weighted by atomic mass is 9.99. The standard InChI is InChI=1S/C53H99NO8/c1-3-5-7-9-11-13-15-17-19-20-21-22-23-24-25-26-27-29-31-33-35-37-39-41-43-49(57)54-46(45-61-53-52(60)51(59)50(58)48(44-55)62-53)47(56)42-40-38-36-34-32-30-28-18-16-14-12-10-8-6-4-2/h16,18,32,34,40,42,46-48,50-53,55-56,58-60H,3-15,17,19-31,33,35-39,41,43-45H2,1-2H3,(H,54,57)/b18-16+,34-32+,42-40+. The van der Waals surface area contributed by atoms with Crippen LogP contribution in [-0.4, -0.2) is 87.5 Å². The van der Waals surface area contributed by atoms with Gasteiger partial charge in [-0.1, -0.05) is 224 Å². The number of unbranched alkanes of at least 4 members (excludes halogenated alkanes) is 30. The van der Waals surface area contributed by atoms with Gasteiger partial charge in [-0.05, 0) is 44.9 Å². The number of nitrogens with one attached hydrogen (secondary N) is 1. The van der Waals surface area contributed by atoms with Gasteiger partial charge in [-0.3, -0.25) is 4.79 Å². The van der Waals surface area contributed by atoms with E-state index in [4.69, 9.17) is 9.47 Å². The topological polar surface area (TPSA) is 149 Å². The third-order valence-electron chi connectivity index (χ3n) is 12.4. The lowest BCUT2D eigenvalue weighted by molar-refractivity contribution is -0.302. The van der Waals surface area contributed by atoms with Crippen LogP contribution in [0.15, 0.2) is 36.5 Å². The highest BCUT2D eigenvalue weighted by Gasteiger charge is 2.44. The second-order valence-electron chi connectivity index (χ2n) is 18.3. The van der Waals surface area contributed by atoms with Crippen LogP contribution < -0.4 is 5.32 Å². The fourth-order valence-electron chi connectivity index (χ4n) is 8.25. The van der Waals surface area contributed by atoms with E-state index in [-0.39, 0.29) is 12.5 Å². The SMILES string of the molecule is CCCCCCC/C=C/CC/C=C/CC/C=C/C(O)C(COC1OC(CO)C(O)C(O)C1O)NC(=O)CCCCCCCCCCCCCCCCCCCCCCCCCC. The van der Waals surface area contributed by atoms with Crippen molar-refractivity contribution < 1.29 is 39.8 Å². The third kappa shape index (κ3) is 33.0. The molecule has 6 N–H and O–H groups in total. The smallest absolute Gasteiger partial charge is 0.220 e. The average Bonchev–Trinajstić information content (AvgIpc) is 3.27. The Hall–Kier alpha value is -1.59. The quantitative estimate of drug-likeness (QED) is 0.0262. The number of ether oxygens (including phenoxy) is 2. The number of aliphatic hydroxyl groups is 5. The summed E-state index contributed by atoms with van der Waals surface area (Å²) in [6, 6.07) is -0.825. The number of carbonyl (C=O) groups is 1. The molecule has 1 saturated heterocycles. The lowest BCUT2D eigenvalue weighted by Crippen LogP contribution is -2.60. The van der Waals surface area contributed by atoms with Crippen molar-refractivity contribution in [1.29, 1.82) is 0 Å². The number of rotatable bonds is 44. The van der Waals surface area contributed by atoms with Gasteiger partial charge in [-0.2, -0.15) is 0 Å². The molecule has 62 heavy (non-hydrogen) atoms. The van der Waals surface area contributed by atoms with Crippen LogP contribution in [0, 0.1) is 0 Å². The van der Waals surface area contributed by atoms with Gasteiger partial charge < -0.3 is 40.3 Å². The molecule has 9 nitrogen and oxygen atoms in total. The zero-order valence-corrected chi connectivity index (χ0v) is 40.1. The van der Waals surface area contributed by atoms with Gasteiger partial charge in [-0.25, -0.2) is 0 Å². The number of amides is 1. The molecule has 0 spiro atoms. The summed E-state index contributed by atoms with van der Waals surface area (Å²) in [7, 11) is 0. The molecule has 0 aliphatic carbocycles. The molecule has 0 aromatic heterocycles. The molecule has 0 radical (unpaired) electrons. The fraction of sp³-hybridized carbons (Fsp3) is 0.868. The summed E-state index contributed by atoms with van der Waals surface area (Å²) in [6.45, 7) is 3.75. The molecule has 7 unspecified atom stereocenters. The summed E-state index contributed by atoms with van der Waals surface area (Å²) in [5, 5.41) is 54.3. The molecule has 0 aromatic rings. The van der Waals surface area contributed by atoms with E-state index in [1.165, 1.54) is 167 Å². The largest absolute Gasteiger partial charge is 0.394 e. The fourth-order valence-corrected chi connectivity index (χ4v) is 8.25. The van der Waals surface area contributed by atoms with Crippen LogP contribution in [0.4, 0.5) is 0 Å². The van der Waals surface area contributed by atoms with Crippen molar-refractivity contribution >= 4 is 5.91 Å². The number of aliphatic hydroxyl groups excluding tert-OH is 5. The Morgan fingerprint density at radius 3 is 1.35 bits per heavy atom. The van der Waals surface area contributed by atoms with Crippen LogP contribution in [0.25, 0.3) is 0 Å². The lowest BCUT2D eigenvalue weighted by Gasteiger charge is -2.40. The molecule has 1 aliphatic heterocycles. The van der Waals surface area contributed by atoms with Gasteiger partial charge >= 0.3 is 0 Å². The van der Waals surface area contributed by atoms with E-state index in [0.717, 1.165) is 51.4 Å². The zero-order valence-electron chi connectivity index (χ0n) is 40.1. The summed E-state index contributed by atoms with van der Waals surface area (Å²) >= 11 is 0. The van der Waals surface area contributed by atoms with Gasteiger partial charge in [0.25, 0.3) is 0 Å². The van der Waals surface area contributed by atoms with Crippen LogP contribution in [0.2, 0.25) is 0 Å². The Morgan fingerprint density at radius 2 is 0.919 bits per heavy atom. The number of hydrogen-bond donors (Lipinski definition) is 6. The Balaban J connectivity index is 2.26. The Kier molecular flexibility index (Phi) is 40.8. The van der Waals surface area contributed by atoms with Crippen molar-refractivity contribution in [2.24, 2.45) is 0 Å². The first-order chi connectivity index (χ1) is 30.3. The molecular formula is C53H99NO8. The van der Waals surface area contributed by atoms with Crippen LogP contribution in [0.1, 0.15) is 239 Å². The highest BCUT2D eigenvalue weighted by Crippen LogP contribution is 2.23. The first-order valence-electron chi connectivity index (χ1n) is 26.2. The molecule has 0 saturated carbocycles. The minimum atomic E-state index is -1.57. The van der Waals surface area contributed by atoms with E-state index in [2.05, 4.69) is 43.5 Å². The molecule has 1 fully saturated rings. The molecule has 1 amide bonds. The van der Waals surface area contributed by atoms with Gasteiger partial charge in [0, 0.05) is 6.42 Å². The van der Waals surface area contributed by atoms with Gasteiger partial charge in [0.1, 0.15) is 24.4 Å². The summed E-state index contributed by atoms with van der Waals surface area (Å²) < 4.78 is 11.2. The van der Waals surface area contributed by atoms with Crippen molar-refractivity contribution in [3.63, 3.8) is 0 Å². The second kappa shape index (κ2) is 43.3. The van der Waals surface area contributed by atoms with Gasteiger partial charge in [0.05, 0.1) is 25.4 Å². The van der Waals surface area contributed by atoms with Crippen LogP contribution in [-0.2, 0) is 14.3 Å². The summed E-state index contributed by atoms with van der Waals surface area (Å²) in [5.74, 6) is -0.188. The zero-order chi connectivity index (χ0) is 45.1. The van der Waals surface area contributed by atoms with Gasteiger partial charge in [0.2, 0.25) is 5.91 Å². The first kappa shape index (κ1) is 58.4. The maximum atomic E-state index is 13.0. The maximum absolute atomic E-state index is 13.0. The Labute approximate surface area is 381 Å². The van der Waals surface area contributed by atoms with Crippen molar-refractivity contribution in [3.8, 4) is 0 Å². The molecule has 1 heterocycles. The van der Waals surface area contributed by atoms with E-state index in [1.807, 2.05) is 6.08 Å². The molecule has 1 aliphatic rings. The predicted octanol–water partition coefficient (Wildman–Crippen LogP) is 12.0. The Bertz CT molecular complexity index is 1070. The van der Waals surface area contributed by atoms with E-state index in [9.17, 15) is 30.3 Å². The molecule has 1 rings (SSSR count). The molecule has 364 valence electrons. The molecule has 9 heteroatoms. The van der Waals surface area contributed by atoms with Gasteiger partial charge in [-0.15, -0.1) is 0 Å².